The zero-order valence-corrected chi connectivity index (χ0v) is 10.7. The number of aromatic nitrogens is 1. The normalized spacial score (nSPS) is 10.1. The Kier molecular flexibility index (Phi) is 3.69. The molecule has 0 aliphatic heterocycles. The maximum atomic E-state index is 11.8. The lowest BCUT2D eigenvalue weighted by atomic mass is 10.1. The molecule has 1 heterocycles. The second-order valence-electron chi connectivity index (χ2n) is 3.77. The van der Waals surface area contributed by atoms with Gasteiger partial charge in [0.2, 0.25) is 0 Å². The Morgan fingerprint density at radius 2 is 1.70 bits per heavy atom. The van der Waals surface area contributed by atoms with E-state index in [1.54, 1.807) is 0 Å². The van der Waals surface area contributed by atoms with Gasteiger partial charge in [0.05, 0.1) is 14.2 Å². The van der Waals surface area contributed by atoms with Crippen molar-refractivity contribution < 1.29 is 28.7 Å². The number of hydrogen-bond donors (Lipinski definition) is 1. The molecule has 0 aliphatic carbocycles. The molecule has 0 fully saturated rings. The number of carbonyl (C=O) groups excluding carboxylic acids is 2. The molecule has 0 aliphatic rings. The Labute approximate surface area is 113 Å². The smallest absolute Gasteiger partial charge is 0.377 e. The van der Waals surface area contributed by atoms with E-state index >= 15 is 0 Å². The molecule has 7 nitrogen and oxygen atoms in total. The van der Waals surface area contributed by atoms with Crippen LogP contribution >= 0.6 is 0 Å². The number of rotatable bonds is 3. The van der Waals surface area contributed by atoms with Crippen LogP contribution in [0.15, 0.2) is 28.8 Å². The summed E-state index contributed by atoms with van der Waals surface area (Å²) in [5, 5.41) is 12.9. The van der Waals surface area contributed by atoms with Crippen molar-refractivity contribution in [3.8, 4) is 17.0 Å². The van der Waals surface area contributed by atoms with Crippen molar-refractivity contribution >= 4 is 11.9 Å². The number of carbonyl (C=O) groups is 2. The number of esters is 2. The first-order chi connectivity index (χ1) is 9.58. The van der Waals surface area contributed by atoms with Gasteiger partial charge in [0.25, 0.3) is 5.76 Å². The first-order valence-corrected chi connectivity index (χ1v) is 5.54. The highest BCUT2D eigenvalue weighted by Crippen LogP contribution is 2.28. The highest BCUT2D eigenvalue weighted by Gasteiger charge is 2.29. The van der Waals surface area contributed by atoms with Crippen molar-refractivity contribution in [3.05, 3.63) is 35.6 Å². The quantitative estimate of drug-likeness (QED) is 0.851. The van der Waals surface area contributed by atoms with E-state index in [1.165, 1.54) is 31.4 Å². The molecule has 2 rings (SSSR count). The molecule has 104 valence electrons. The maximum Gasteiger partial charge on any atom is 0.377 e. The van der Waals surface area contributed by atoms with Gasteiger partial charge in [-0.05, 0) is 24.3 Å². The molecule has 0 saturated carbocycles. The standard InChI is InChI=1S/C13H11NO6/c1-18-12(16)9-10(7-3-5-8(15)6-4-7)14-20-11(9)13(17)19-2/h3-6,15H,1-2H3. The van der Waals surface area contributed by atoms with Gasteiger partial charge in [0.1, 0.15) is 17.0 Å². The Bertz CT molecular complexity index is 643. The number of methoxy groups -OCH3 is 2. The summed E-state index contributed by atoms with van der Waals surface area (Å²) in [5.41, 5.74) is 0.504. The van der Waals surface area contributed by atoms with Gasteiger partial charge < -0.3 is 19.1 Å². The number of ether oxygens (including phenoxy) is 2. The van der Waals surface area contributed by atoms with Crippen LogP contribution in [0.25, 0.3) is 11.3 Å². The highest BCUT2D eigenvalue weighted by atomic mass is 16.6. The van der Waals surface area contributed by atoms with Crippen molar-refractivity contribution in [1.29, 1.82) is 0 Å². The Morgan fingerprint density at radius 3 is 2.25 bits per heavy atom. The topological polar surface area (TPSA) is 98.9 Å². The van der Waals surface area contributed by atoms with Gasteiger partial charge in [0, 0.05) is 5.56 Å². The average molecular weight is 277 g/mol. The summed E-state index contributed by atoms with van der Waals surface area (Å²) in [6.07, 6.45) is 0. The third kappa shape index (κ3) is 2.33. The van der Waals surface area contributed by atoms with Crippen molar-refractivity contribution in [2.45, 2.75) is 0 Å². The molecule has 1 N–H and O–H groups in total. The zero-order valence-electron chi connectivity index (χ0n) is 10.7. The third-order valence-electron chi connectivity index (χ3n) is 2.59. The van der Waals surface area contributed by atoms with Gasteiger partial charge in [-0.1, -0.05) is 5.16 Å². The first-order valence-electron chi connectivity index (χ1n) is 5.54. The van der Waals surface area contributed by atoms with Gasteiger partial charge in [-0.25, -0.2) is 9.59 Å². The zero-order chi connectivity index (χ0) is 14.7. The fourth-order valence-corrected chi connectivity index (χ4v) is 1.63. The van der Waals surface area contributed by atoms with E-state index in [9.17, 15) is 14.7 Å². The fourth-order valence-electron chi connectivity index (χ4n) is 1.63. The van der Waals surface area contributed by atoms with E-state index in [4.69, 9.17) is 4.52 Å². The van der Waals surface area contributed by atoms with Crippen molar-refractivity contribution in [2.75, 3.05) is 14.2 Å². The van der Waals surface area contributed by atoms with Crippen LogP contribution in [-0.4, -0.2) is 36.4 Å². The molecule has 1 aromatic carbocycles. The minimum absolute atomic E-state index is 0.0602. The molecule has 0 bridgehead atoms. The molecular formula is C13H11NO6. The van der Waals surface area contributed by atoms with Crippen molar-refractivity contribution in [1.82, 2.24) is 5.16 Å². The van der Waals surface area contributed by atoms with Crippen LogP contribution in [0.5, 0.6) is 5.75 Å². The summed E-state index contributed by atoms with van der Waals surface area (Å²) >= 11 is 0. The number of phenols is 1. The number of aromatic hydroxyl groups is 1. The van der Waals surface area contributed by atoms with Crippen LogP contribution < -0.4 is 0 Å². The maximum absolute atomic E-state index is 11.8. The third-order valence-corrected chi connectivity index (χ3v) is 2.59. The van der Waals surface area contributed by atoms with E-state index < -0.39 is 11.9 Å². The molecule has 20 heavy (non-hydrogen) atoms. The monoisotopic (exact) mass is 277 g/mol. The second kappa shape index (κ2) is 5.43. The van der Waals surface area contributed by atoms with Gasteiger partial charge in [-0.3, -0.25) is 0 Å². The highest BCUT2D eigenvalue weighted by molar-refractivity contribution is 6.05. The van der Waals surface area contributed by atoms with Crippen LogP contribution in [0.3, 0.4) is 0 Å². The average Bonchev–Trinajstić information content (AvgIpc) is 2.91. The van der Waals surface area contributed by atoms with Crippen LogP contribution in [0.4, 0.5) is 0 Å². The van der Waals surface area contributed by atoms with Gasteiger partial charge in [-0.15, -0.1) is 0 Å². The predicted octanol–water partition coefficient (Wildman–Crippen LogP) is 1.62. The molecular weight excluding hydrogens is 266 g/mol. The van der Waals surface area contributed by atoms with E-state index in [0.717, 1.165) is 7.11 Å². The lowest BCUT2D eigenvalue weighted by Crippen LogP contribution is -2.10. The molecule has 0 spiro atoms. The Balaban J connectivity index is 2.59. The van der Waals surface area contributed by atoms with E-state index in [1.807, 2.05) is 0 Å². The Morgan fingerprint density at radius 1 is 1.10 bits per heavy atom. The number of nitrogens with zero attached hydrogens (tertiary/aromatic N) is 1. The Hall–Kier alpha value is -2.83. The molecule has 7 heteroatoms. The minimum Gasteiger partial charge on any atom is -0.508 e. The lowest BCUT2D eigenvalue weighted by molar-refractivity contribution is 0.0521. The molecule has 1 aromatic heterocycles. The number of benzene rings is 1. The van der Waals surface area contributed by atoms with Gasteiger partial charge >= 0.3 is 11.9 Å². The van der Waals surface area contributed by atoms with Crippen molar-refractivity contribution in [2.24, 2.45) is 0 Å². The van der Waals surface area contributed by atoms with E-state index in [0.29, 0.717) is 5.56 Å². The van der Waals surface area contributed by atoms with Crippen LogP contribution in [-0.2, 0) is 9.47 Å². The van der Waals surface area contributed by atoms with Gasteiger partial charge in [0.15, 0.2) is 0 Å². The fraction of sp³-hybridized carbons (Fsp3) is 0.154. The van der Waals surface area contributed by atoms with Gasteiger partial charge in [-0.2, -0.15) is 0 Å². The first kappa shape index (κ1) is 13.6. The summed E-state index contributed by atoms with van der Waals surface area (Å²) in [5.74, 6) is -1.87. The molecule has 0 unspecified atom stereocenters. The SMILES string of the molecule is COC(=O)c1onc(-c2ccc(O)cc2)c1C(=O)OC. The second-order valence-corrected chi connectivity index (χ2v) is 3.77. The summed E-state index contributed by atoms with van der Waals surface area (Å²) in [6.45, 7) is 0. The summed E-state index contributed by atoms with van der Waals surface area (Å²) in [7, 11) is 2.34. The van der Waals surface area contributed by atoms with E-state index in [-0.39, 0.29) is 22.8 Å². The summed E-state index contributed by atoms with van der Waals surface area (Å²) in [6, 6.07) is 5.90. The minimum atomic E-state index is -0.831. The van der Waals surface area contributed by atoms with Crippen LogP contribution in [0, 0.1) is 0 Å². The van der Waals surface area contributed by atoms with Crippen molar-refractivity contribution in [3.63, 3.8) is 0 Å². The van der Waals surface area contributed by atoms with E-state index in [2.05, 4.69) is 14.6 Å². The largest absolute Gasteiger partial charge is 0.508 e. The van der Waals surface area contributed by atoms with Crippen LogP contribution in [0.1, 0.15) is 20.9 Å². The summed E-state index contributed by atoms with van der Waals surface area (Å²) in [4.78, 5) is 23.3. The molecule has 0 radical (unpaired) electrons. The number of phenolic OH excluding ortho intramolecular Hbond substituents is 1. The molecule has 0 saturated heterocycles. The molecule has 0 atom stereocenters. The molecule has 0 amide bonds. The van der Waals surface area contributed by atoms with Crippen LogP contribution in [0.2, 0.25) is 0 Å². The predicted molar refractivity (Wildman–Crippen MR) is 66.3 cm³/mol. The molecule has 2 aromatic rings. The number of hydrogen-bond acceptors (Lipinski definition) is 7. The summed E-state index contributed by atoms with van der Waals surface area (Å²) < 4.78 is 14.0. The lowest BCUT2D eigenvalue weighted by Gasteiger charge is -2.01.